The Kier molecular flexibility index (Phi) is 6.53. The van der Waals surface area contributed by atoms with E-state index in [1.165, 1.54) is 4.90 Å². The maximum absolute atomic E-state index is 12.6. The molecular formula is C19H23NO4. The molecule has 0 atom stereocenters. The van der Waals surface area contributed by atoms with Crippen LogP contribution in [0.5, 0.6) is 5.75 Å². The van der Waals surface area contributed by atoms with E-state index in [0.717, 1.165) is 5.56 Å². The van der Waals surface area contributed by atoms with Crippen LogP contribution in [0.1, 0.15) is 29.3 Å². The molecule has 24 heavy (non-hydrogen) atoms. The topological polar surface area (TPSA) is 66.8 Å². The normalized spacial score (nSPS) is 10.9. The van der Waals surface area contributed by atoms with Crippen LogP contribution in [-0.2, 0) is 4.79 Å². The third-order valence-electron chi connectivity index (χ3n) is 3.70. The first kappa shape index (κ1) is 19.2. The van der Waals surface area contributed by atoms with Crippen LogP contribution in [0.2, 0.25) is 0 Å². The number of amides is 1. The molecular weight excluding hydrogens is 306 g/mol. The molecule has 0 radical (unpaired) electrons. The van der Waals surface area contributed by atoms with E-state index in [1.54, 1.807) is 39.3 Å². The van der Waals surface area contributed by atoms with Gasteiger partial charge in [-0.25, -0.2) is 0 Å². The molecule has 0 bridgehead atoms. The summed E-state index contributed by atoms with van der Waals surface area (Å²) in [6.45, 7) is 11.2. The summed E-state index contributed by atoms with van der Waals surface area (Å²) < 4.78 is 5.24. The fourth-order valence-electron chi connectivity index (χ4n) is 2.05. The number of ether oxygens (including phenoxy) is 1. The van der Waals surface area contributed by atoms with Gasteiger partial charge in [-0.3, -0.25) is 9.59 Å². The highest BCUT2D eigenvalue weighted by atomic mass is 16.5. The number of hydrogen-bond acceptors (Lipinski definition) is 3. The number of carboxylic acid groups (broad SMARTS) is 1. The summed E-state index contributed by atoms with van der Waals surface area (Å²) in [6.07, 6.45) is 1.50. The molecule has 128 valence electrons. The number of aliphatic carboxylic acids is 1. The van der Waals surface area contributed by atoms with Gasteiger partial charge in [-0.2, -0.15) is 0 Å². The molecule has 0 unspecified atom stereocenters. The van der Waals surface area contributed by atoms with E-state index < -0.39 is 5.97 Å². The van der Waals surface area contributed by atoms with Crippen molar-refractivity contribution in [2.45, 2.75) is 20.3 Å². The molecule has 0 aromatic heterocycles. The quantitative estimate of drug-likeness (QED) is 0.777. The van der Waals surface area contributed by atoms with Gasteiger partial charge in [0.15, 0.2) is 0 Å². The fourth-order valence-corrected chi connectivity index (χ4v) is 2.05. The van der Waals surface area contributed by atoms with E-state index in [2.05, 4.69) is 13.2 Å². The number of allylic oxidation sites excluding steroid dienone is 2. The zero-order valence-electron chi connectivity index (χ0n) is 14.5. The molecule has 0 saturated heterocycles. The van der Waals surface area contributed by atoms with Gasteiger partial charge in [0.2, 0.25) is 0 Å². The number of nitrogens with zero attached hydrogens (tertiary/aromatic N) is 1. The zero-order chi connectivity index (χ0) is 18.4. The van der Waals surface area contributed by atoms with Crippen LogP contribution in [0, 0.1) is 6.92 Å². The number of carboxylic acids is 1. The molecule has 1 aromatic carbocycles. The highest BCUT2D eigenvalue weighted by Crippen LogP contribution is 2.21. The first-order chi connectivity index (χ1) is 11.2. The molecule has 0 aliphatic heterocycles. The Morgan fingerprint density at radius 3 is 2.50 bits per heavy atom. The predicted octanol–water partition coefficient (Wildman–Crippen LogP) is 3.57. The highest BCUT2D eigenvalue weighted by molar-refractivity contribution is 5.96. The predicted molar refractivity (Wildman–Crippen MR) is 94.1 cm³/mol. The molecule has 5 nitrogen and oxygen atoms in total. The average Bonchev–Trinajstić information content (AvgIpc) is 2.53. The van der Waals surface area contributed by atoms with Crippen LogP contribution in [-0.4, -0.2) is 36.0 Å². The number of likely N-dealkylation sites (N-methyl/N-ethyl adjacent to an activating group) is 1. The van der Waals surface area contributed by atoms with Crippen molar-refractivity contribution in [1.29, 1.82) is 0 Å². The Hall–Kier alpha value is -2.82. The Labute approximate surface area is 142 Å². The number of benzene rings is 1. The van der Waals surface area contributed by atoms with Gasteiger partial charge in [-0.15, -0.1) is 0 Å². The summed E-state index contributed by atoms with van der Waals surface area (Å²) in [5, 5.41) is 8.80. The maximum Gasteiger partial charge on any atom is 0.307 e. The zero-order valence-corrected chi connectivity index (χ0v) is 14.5. The van der Waals surface area contributed by atoms with Crippen LogP contribution < -0.4 is 4.74 Å². The lowest BCUT2D eigenvalue weighted by molar-refractivity contribution is -0.136. The van der Waals surface area contributed by atoms with Gasteiger partial charge in [-0.1, -0.05) is 19.2 Å². The number of carbonyl (C=O) groups is 2. The Balaban J connectivity index is 2.94. The third-order valence-corrected chi connectivity index (χ3v) is 3.70. The Bertz CT molecular complexity index is 716. The lowest BCUT2D eigenvalue weighted by Crippen LogP contribution is -2.25. The molecule has 0 spiro atoms. The number of aryl methyl sites for hydroxylation is 1. The van der Waals surface area contributed by atoms with Crippen LogP contribution in [0.3, 0.4) is 0 Å². The first-order valence-electron chi connectivity index (χ1n) is 7.37. The summed E-state index contributed by atoms with van der Waals surface area (Å²) in [7, 11) is 3.17. The van der Waals surface area contributed by atoms with Crippen molar-refractivity contribution in [1.82, 2.24) is 4.90 Å². The SMILES string of the molecule is C=C(CC(=O)O)/C(C)=C\C(=C)N(C)C(=O)c1ccc(C)c(OC)c1. The fraction of sp³-hybridized carbons (Fsp3) is 0.263. The number of methoxy groups -OCH3 is 1. The second kappa shape index (κ2) is 8.15. The summed E-state index contributed by atoms with van der Waals surface area (Å²) in [6, 6.07) is 5.23. The van der Waals surface area contributed by atoms with Crippen molar-refractivity contribution in [3.8, 4) is 5.75 Å². The standard InChI is InChI=1S/C19H23NO4/c1-12-7-8-16(11-17(12)24-6)19(23)20(5)15(4)9-13(2)14(3)10-18(21)22/h7-9,11H,3-4,10H2,1-2,5-6H3,(H,21,22)/b13-9-. The molecule has 5 heteroatoms. The third kappa shape index (κ3) is 4.84. The summed E-state index contributed by atoms with van der Waals surface area (Å²) in [5.74, 6) is -0.540. The minimum Gasteiger partial charge on any atom is -0.496 e. The molecule has 0 heterocycles. The Morgan fingerprint density at radius 1 is 1.33 bits per heavy atom. The minimum atomic E-state index is -0.949. The number of carbonyl (C=O) groups excluding carboxylic acids is 1. The van der Waals surface area contributed by atoms with Gasteiger partial charge < -0.3 is 14.7 Å². The molecule has 0 aliphatic rings. The lowest BCUT2D eigenvalue weighted by atomic mass is 10.1. The second-order valence-electron chi connectivity index (χ2n) is 5.54. The molecule has 0 aliphatic carbocycles. The van der Waals surface area contributed by atoms with Gasteiger partial charge >= 0.3 is 5.97 Å². The van der Waals surface area contributed by atoms with Gasteiger partial charge in [0.1, 0.15) is 5.75 Å². The van der Waals surface area contributed by atoms with E-state index >= 15 is 0 Å². The van der Waals surface area contributed by atoms with E-state index in [1.807, 2.05) is 13.0 Å². The van der Waals surface area contributed by atoms with Gasteiger partial charge in [0, 0.05) is 18.3 Å². The van der Waals surface area contributed by atoms with Gasteiger partial charge in [0.25, 0.3) is 5.91 Å². The monoisotopic (exact) mass is 329 g/mol. The minimum absolute atomic E-state index is 0.150. The summed E-state index contributed by atoms with van der Waals surface area (Å²) in [4.78, 5) is 24.7. The van der Waals surface area contributed by atoms with Crippen LogP contribution in [0.25, 0.3) is 0 Å². The maximum atomic E-state index is 12.6. The average molecular weight is 329 g/mol. The molecule has 1 aromatic rings. The van der Waals surface area contributed by atoms with Gasteiger partial charge in [-0.05, 0) is 48.8 Å². The van der Waals surface area contributed by atoms with Crippen molar-refractivity contribution in [2.24, 2.45) is 0 Å². The first-order valence-corrected chi connectivity index (χ1v) is 7.37. The van der Waals surface area contributed by atoms with Crippen molar-refractivity contribution in [3.63, 3.8) is 0 Å². The molecule has 1 amide bonds. The van der Waals surface area contributed by atoms with Crippen molar-refractivity contribution in [2.75, 3.05) is 14.2 Å². The smallest absolute Gasteiger partial charge is 0.307 e. The van der Waals surface area contributed by atoms with Crippen LogP contribution in [0.15, 0.2) is 54.3 Å². The number of rotatable bonds is 7. The van der Waals surface area contributed by atoms with E-state index in [-0.39, 0.29) is 12.3 Å². The molecule has 0 fully saturated rings. The Morgan fingerprint density at radius 2 is 1.96 bits per heavy atom. The van der Waals surface area contributed by atoms with Crippen molar-refractivity contribution in [3.05, 3.63) is 65.4 Å². The largest absolute Gasteiger partial charge is 0.496 e. The summed E-state index contributed by atoms with van der Waals surface area (Å²) in [5.41, 5.74) is 3.02. The van der Waals surface area contributed by atoms with Crippen molar-refractivity contribution >= 4 is 11.9 Å². The van der Waals surface area contributed by atoms with E-state index in [9.17, 15) is 9.59 Å². The molecule has 1 N–H and O–H groups in total. The van der Waals surface area contributed by atoms with Gasteiger partial charge in [0.05, 0.1) is 13.5 Å². The molecule has 1 rings (SSSR count). The van der Waals surface area contributed by atoms with Crippen LogP contribution in [0.4, 0.5) is 0 Å². The lowest BCUT2D eigenvalue weighted by Gasteiger charge is -2.19. The van der Waals surface area contributed by atoms with E-state index in [4.69, 9.17) is 9.84 Å². The highest BCUT2D eigenvalue weighted by Gasteiger charge is 2.15. The van der Waals surface area contributed by atoms with E-state index in [0.29, 0.717) is 28.2 Å². The van der Waals surface area contributed by atoms with Crippen LogP contribution >= 0.6 is 0 Å². The number of hydrogen-bond donors (Lipinski definition) is 1. The van der Waals surface area contributed by atoms with Crippen molar-refractivity contribution < 1.29 is 19.4 Å². The second-order valence-corrected chi connectivity index (χ2v) is 5.54. The summed E-state index contributed by atoms with van der Waals surface area (Å²) >= 11 is 0. The molecule has 0 saturated carbocycles.